The van der Waals surface area contributed by atoms with Gasteiger partial charge in [-0.25, -0.2) is 0 Å². The molecule has 88 valence electrons. The molecule has 0 aliphatic heterocycles. The van der Waals surface area contributed by atoms with E-state index in [0.29, 0.717) is 18.0 Å². The zero-order chi connectivity index (χ0) is 12.0. The molecule has 1 aromatic carbocycles. The molecule has 0 fully saturated rings. The van der Waals surface area contributed by atoms with Gasteiger partial charge in [0.2, 0.25) is 5.91 Å². The van der Waals surface area contributed by atoms with E-state index < -0.39 is 0 Å². The van der Waals surface area contributed by atoms with Crippen LogP contribution in [0.25, 0.3) is 0 Å². The van der Waals surface area contributed by atoms with Gasteiger partial charge in [-0.3, -0.25) is 4.79 Å². The average Bonchev–Trinajstić information content (AvgIpc) is 2.35. The van der Waals surface area contributed by atoms with Gasteiger partial charge in [-0.2, -0.15) is 12.6 Å². The molecule has 1 rings (SSSR count). The van der Waals surface area contributed by atoms with Crippen LogP contribution in [-0.2, 0) is 11.3 Å². The van der Waals surface area contributed by atoms with Crippen molar-refractivity contribution in [3.63, 3.8) is 0 Å². The Kier molecular flexibility index (Phi) is 4.98. The number of carbonyl (C=O) groups is 1. The van der Waals surface area contributed by atoms with E-state index in [1.807, 2.05) is 12.1 Å². The third-order valence-corrected chi connectivity index (χ3v) is 2.37. The maximum absolute atomic E-state index is 11.0. The van der Waals surface area contributed by atoms with Crippen molar-refractivity contribution in [2.45, 2.75) is 6.54 Å². The van der Waals surface area contributed by atoms with E-state index >= 15 is 0 Å². The molecule has 0 aliphatic carbocycles. The fourth-order valence-corrected chi connectivity index (χ4v) is 1.36. The van der Waals surface area contributed by atoms with Gasteiger partial charge in [-0.15, -0.1) is 0 Å². The van der Waals surface area contributed by atoms with Crippen molar-refractivity contribution in [3.05, 3.63) is 23.8 Å². The summed E-state index contributed by atoms with van der Waals surface area (Å²) in [6, 6.07) is 5.51. The number of nitrogens with one attached hydrogen (secondary N) is 1. The second-order valence-electron chi connectivity index (χ2n) is 3.12. The van der Waals surface area contributed by atoms with Gasteiger partial charge < -0.3 is 14.8 Å². The topological polar surface area (TPSA) is 47.6 Å². The molecule has 5 heteroatoms. The Morgan fingerprint density at radius 3 is 2.56 bits per heavy atom. The number of methoxy groups -OCH3 is 2. The number of benzene rings is 1. The van der Waals surface area contributed by atoms with Crippen LogP contribution in [0, 0.1) is 0 Å². The van der Waals surface area contributed by atoms with Crippen LogP contribution in [0.1, 0.15) is 5.56 Å². The molecule has 0 spiro atoms. The van der Waals surface area contributed by atoms with E-state index in [-0.39, 0.29) is 11.7 Å². The van der Waals surface area contributed by atoms with E-state index in [1.165, 1.54) is 0 Å². The number of thiol groups is 1. The predicted octanol–water partition coefficient (Wildman–Crippen LogP) is 1.25. The Balaban J connectivity index is 2.71. The third-order valence-electron chi connectivity index (χ3n) is 2.08. The van der Waals surface area contributed by atoms with E-state index in [1.54, 1.807) is 20.3 Å². The van der Waals surface area contributed by atoms with Gasteiger partial charge in [0, 0.05) is 6.54 Å². The highest BCUT2D eigenvalue weighted by atomic mass is 32.1. The van der Waals surface area contributed by atoms with Crippen molar-refractivity contribution in [2.75, 3.05) is 20.0 Å². The summed E-state index contributed by atoms with van der Waals surface area (Å²) in [5, 5.41) is 2.73. The zero-order valence-electron chi connectivity index (χ0n) is 9.32. The minimum atomic E-state index is -0.0990. The van der Waals surface area contributed by atoms with Crippen molar-refractivity contribution < 1.29 is 14.3 Å². The second-order valence-corrected chi connectivity index (χ2v) is 3.44. The highest BCUT2D eigenvalue weighted by Gasteiger charge is 2.05. The van der Waals surface area contributed by atoms with Gasteiger partial charge >= 0.3 is 0 Å². The average molecular weight is 241 g/mol. The molecule has 0 aromatic heterocycles. The first-order chi connectivity index (χ1) is 7.71. The molecule has 0 atom stereocenters. The fraction of sp³-hybridized carbons (Fsp3) is 0.364. The van der Waals surface area contributed by atoms with Gasteiger partial charge in [-0.1, -0.05) is 6.07 Å². The molecule has 0 heterocycles. The lowest BCUT2D eigenvalue weighted by atomic mass is 10.2. The predicted molar refractivity (Wildman–Crippen MR) is 65.2 cm³/mol. The van der Waals surface area contributed by atoms with E-state index in [9.17, 15) is 4.79 Å². The summed E-state index contributed by atoms with van der Waals surface area (Å²) in [4.78, 5) is 11.0. The summed E-state index contributed by atoms with van der Waals surface area (Å²) >= 11 is 3.88. The number of rotatable bonds is 5. The zero-order valence-corrected chi connectivity index (χ0v) is 10.2. The summed E-state index contributed by atoms with van der Waals surface area (Å²) < 4.78 is 10.3. The van der Waals surface area contributed by atoms with Crippen LogP contribution in [0.2, 0.25) is 0 Å². The number of hydrogen-bond acceptors (Lipinski definition) is 4. The monoisotopic (exact) mass is 241 g/mol. The molecule has 16 heavy (non-hydrogen) atoms. The molecule has 0 bridgehead atoms. The molecule has 0 aliphatic rings. The van der Waals surface area contributed by atoms with Crippen LogP contribution >= 0.6 is 12.6 Å². The van der Waals surface area contributed by atoms with Crippen molar-refractivity contribution in [1.29, 1.82) is 0 Å². The summed E-state index contributed by atoms with van der Waals surface area (Å²) in [6.07, 6.45) is 0. The van der Waals surface area contributed by atoms with Crippen LogP contribution in [0.15, 0.2) is 18.2 Å². The van der Waals surface area contributed by atoms with Crippen LogP contribution in [0.4, 0.5) is 0 Å². The maximum atomic E-state index is 11.0. The lowest BCUT2D eigenvalue weighted by molar-refractivity contribution is -0.118. The summed E-state index contributed by atoms with van der Waals surface area (Å²) in [5.41, 5.74) is 0.952. The van der Waals surface area contributed by atoms with Crippen molar-refractivity contribution in [3.8, 4) is 11.5 Å². The molecule has 1 amide bonds. The number of hydrogen-bond donors (Lipinski definition) is 2. The molecule has 0 saturated carbocycles. The van der Waals surface area contributed by atoms with Crippen LogP contribution < -0.4 is 14.8 Å². The summed E-state index contributed by atoms with van der Waals surface area (Å²) in [7, 11) is 3.16. The second kappa shape index (κ2) is 6.27. The molecule has 0 saturated heterocycles. The fourth-order valence-electron chi connectivity index (χ4n) is 1.25. The molecule has 1 N–H and O–H groups in total. The minimum Gasteiger partial charge on any atom is -0.493 e. The quantitative estimate of drug-likeness (QED) is 0.763. The van der Waals surface area contributed by atoms with Crippen LogP contribution in [0.3, 0.4) is 0 Å². The first-order valence-electron chi connectivity index (χ1n) is 4.79. The Morgan fingerprint density at radius 1 is 1.31 bits per heavy atom. The Labute approximate surface area is 100 Å². The first-order valence-corrected chi connectivity index (χ1v) is 5.43. The van der Waals surface area contributed by atoms with E-state index in [2.05, 4.69) is 17.9 Å². The molecule has 0 radical (unpaired) electrons. The standard InChI is InChI=1S/C11H15NO3S/c1-14-9-4-3-8(5-10(9)15-2)6-12-11(13)7-16/h3-5,16H,6-7H2,1-2H3,(H,12,13). The van der Waals surface area contributed by atoms with E-state index in [0.717, 1.165) is 5.56 Å². The molecule has 0 unspecified atom stereocenters. The Morgan fingerprint density at radius 2 is 2.00 bits per heavy atom. The van der Waals surface area contributed by atoms with Gasteiger partial charge in [0.05, 0.1) is 20.0 Å². The van der Waals surface area contributed by atoms with Gasteiger partial charge in [0.1, 0.15) is 0 Å². The largest absolute Gasteiger partial charge is 0.493 e. The minimum absolute atomic E-state index is 0.0990. The lowest BCUT2D eigenvalue weighted by Crippen LogP contribution is -2.23. The van der Waals surface area contributed by atoms with Crippen molar-refractivity contribution in [2.24, 2.45) is 0 Å². The van der Waals surface area contributed by atoms with Crippen LogP contribution in [-0.4, -0.2) is 25.9 Å². The summed E-state index contributed by atoms with van der Waals surface area (Å²) in [6.45, 7) is 0.458. The Bertz CT molecular complexity index is 368. The van der Waals surface area contributed by atoms with Crippen LogP contribution in [0.5, 0.6) is 11.5 Å². The van der Waals surface area contributed by atoms with Crippen molar-refractivity contribution >= 4 is 18.5 Å². The molecule has 1 aromatic rings. The first kappa shape index (κ1) is 12.7. The Hall–Kier alpha value is -1.36. The number of carbonyl (C=O) groups excluding carboxylic acids is 1. The number of ether oxygens (including phenoxy) is 2. The van der Waals surface area contributed by atoms with E-state index in [4.69, 9.17) is 9.47 Å². The normalized spacial score (nSPS) is 9.69. The van der Waals surface area contributed by atoms with Gasteiger partial charge in [0.25, 0.3) is 0 Å². The maximum Gasteiger partial charge on any atom is 0.229 e. The van der Waals surface area contributed by atoms with Gasteiger partial charge in [0.15, 0.2) is 11.5 Å². The SMILES string of the molecule is COc1ccc(CNC(=O)CS)cc1OC. The smallest absolute Gasteiger partial charge is 0.229 e. The molecular formula is C11H15NO3S. The van der Waals surface area contributed by atoms with Crippen molar-refractivity contribution in [1.82, 2.24) is 5.32 Å². The highest BCUT2D eigenvalue weighted by Crippen LogP contribution is 2.27. The third kappa shape index (κ3) is 3.34. The number of amides is 1. The summed E-state index contributed by atoms with van der Waals surface area (Å²) in [5.74, 6) is 1.41. The highest BCUT2D eigenvalue weighted by molar-refractivity contribution is 7.81. The lowest BCUT2D eigenvalue weighted by Gasteiger charge is -2.09. The van der Waals surface area contributed by atoms with Gasteiger partial charge in [-0.05, 0) is 17.7 Å². The molecular weight excluding hydrogens is 226 g/mol. The molecule has 4 nitrogen and oxygen atoms in total.